The van der Waals surface area contributed by atoms with Crippen LogP contribution in [0.15, 0.2) is 30.3 Å². The van der Waals surface area contributed by atoms with E-state index in [-0.39, 0.29) is 17.4 Å². The average Bonchev–Trinajstić information content (AvgIpc) is 2.45. The van der Waals surface area contributed by atoms with Crippen molar-refractivity contribution in [3.63, 3.8) is 0 Å². The highest BCUT2D eigenvalue weighted by atomic mass is 16.3. The van der Waals surface area contributed by atoms with Gasteiger partial charge in [-0.3, -0.25) is 4.79 Å². The molecule has 102 valence electrons. The van der Waals surface area contributed by atoms with E-state index in [1.807, 2.05) is 18.2 Å². The lowest BCUT2D eigenvalue weighted by Crippen LogP contribution is -2.55. The third kappa shape index (κ3) is 1.85. The van der Waals surface area contributed by atoms with Crippen LogP contribution < -0.4 is 0 Å². The van der Waals surface area contributed by atoms with Crippen molar-refractivity contribution in [3.05, 3.63) is 35.9 Å². The van der Waals surface area contributed by atoms with Gasteiger partial charge in [0.1, 0.15) is 5.78 Å². The summed E-state index contributed by atoms with van der Waals surface area (Å²) in [5.74, 6) is 0.773. The van der Waals surface area contributed by atoms with Crippen molar-refractivity contribution in [3.8, 4) is 0 Å². The molecule has 3 rings (SSSR count). The van der Waals surface area contributed by atoms with Crippen LogP contribution in [-0.2, 0) is 10.2 Å². The van der Waals surface area contributed by atoms with E-state index >= 15 is 0 Å². The van der Waals surface area contributed by atoms with Crippen LogP contribution in [0.1, 0.15) is 44.6 Å². The quantitative estimate of drug-likeness (QED) is 0.840. The molecule has 2 fully saturated rings. The third-order valence-electron chi connectivity index (χ3n) is 5.46. The van der Waals surface area contributed by atoms with E-state index in [4.69, 9.17) is 0 Å². The van der Waals surface area contributed by atoms with Crippen LogP contribution in [0.4, 0.5) is 0 Å². The number of fused-ring (bicyclic) bond motifs is 1. The summed E-state index contributed by atoms with van der Waals surface area (Å²) >= 11 is 0. The molecule has 0 spiro atoms. The molecule has 0 amide bonds. The number of Topliss-reactive ketones (excluding diaryl/α,β-unsaturated/α-hetero) is 1. The van der Waals surface area contributed by atoms with Gasteiger partial charge in [0, 0.05) is 17.8 Å². The van der Waals surface area contributed by atoms with Crippen LogP contribution in [0.5, 0.6) is 0 Å². The van der Waals surface area contributed by atoms with E-state index in [1.54, 1.807) is 0 Å². The molecule has 0 heterocycles. The van der Waals surface area contributed by atoms with Crippen molar-refractivity contribution < 1.29 is 9.90 Å². The van der Waals surface area contributed by atoms with E-state index in [1.165, 1.54) is 5.56 Å². The number of carbonyl (C=O) groups is 1. The van der Waals surface area contributed by atoms with Crippen molar-refractivity contribution in [2.45, 2.75) is 50.5 Å². The van der Waals surface area contributed by atoms with Crippen LogP contribution >= 0.6 is 0 Å². The summed E-state index contributed by atoms with van der Waals surface area (Å²) in [7, 11) is 0. The SMILES string of the molecule is C[C@H]1C(=O)CC[C@@]2(c3ccccc3)[C@H](O)CCC[C@H]12. The highest BCUT2D eigenvalue weighted by molar-refractivity contribution is 5.82. The lowest BCUT2D eigenvalue weighted by atomic mass is 9.52. The summed E-state index contributed by atoms with van der Waals surface area (Å²) in [6.07, 6.45) is 4.10. The Labute approximate surface area is 114 Å². The van der Waals surface area contributed by atoms with Gasteiger partial charge in [0.05, 0.1) is 6.10 Å². The molecule has 0 radical (unpaired) electrons. The van der Waals surface area contributed by atoms with Crippen LogP contribution in [0.3, 0.4) is 0 Å². The molecule has 2 aliphatic carbocycles. The van der Waals surface area contributed by atoms with Gasteiger partial charge < -0.3 is 5.11 Å². The van der Waals surface area contributed by atoms with Gasteiger partial charge in [-0.2, -0.15) is 0 Å². The van der Waals surface area contributed by atoms with Gasteiger partial charge in [0.25, 0.3) is 0 Å². The minimum absolute atomic E-state index is 0.0870. The Kier molecular flexibility index (Phi) is 3.22. The highest BCUT2D eigenvalue weighted by Crippen LogP contribution is 2.53. The average molecular weight is 258 g/mol. The summed E-state index contributed by atoms with van der Waals surface area (Å²) in [5, 5.41) is 10.7. The zero-order valence-corrected chi connectivity index (χ0v) is 11.5. The molecule has 0 aliphatic heterocycles. The van der Waals surface area contributed by atoms with Gasteiger partial charge in [-0.15, -0.1) is 0 Å². The summed E-state index contributed by atoms with van der Waals surface area (Å²) in [6, 6.07) is 10.4. The Morgan fingerprint density at radius 2 is 1.95 bits per heavy atom. The summed E-state index contributed by atoms with van der Waals surface area (Å²) in [4.78, 5) is 12.0. The zero-order chi connectivity index (χ0) is 13.5. The molecule has 0 aromatic heterocycles. The minimum atomic E-state index is -0.302. The minimum Gasteiger partial charge on any atom is -0.392 e. The highest BCUT2D eigenvalue weighted by Gasteiger charge is 2.53. The molecule has 1 N–H and O–H groups in total. The Hall–Kier alpha value is -1.15. The van der Waals surface area contributed by atoms with Crippen LogP contribution in [-0.4, -0.2) is 17.0 Å². The molecule has 4 atom stereocenters. The normalized spacial score (nSPS) is 38.8. The zero-order valence-electron chi connectivity index (χ0n) is 11.5. The smallest absolute Gasteiger partial charge is 0.136 e. The molecule has 0 bridgehead atoms. The molecule has 19 heavy (non-hydrogen) atoms. The molecule has 1 aromatic rings. The van der Waals surface area contributed by atoms with E-state index in [9.17, 15) is 9.90 Å². The third-order valence-corrected chi connectivity index (χ3v) is 5.46. The lowest BCUT2D eigenvalue weighted by molar-refractivity contribution is -0.134. The van der Waals surface area contributed by atoms with Crippen molar-refractivity contribution in [1.29, 1.82) is 0 Å². The second-order valence-corrected chi connectivity index (χ2v) is 6.21. The van der Waals surface area contributed by atoms with Crippen LogP contribution in [0.25, 0.3) is 0 Å². The second-order valence-electron chi connectivity index (χ2n) is 6.21. The summed E-state index contributed by atoms with van der Waals surface area (Å²) in [6.45, 7) is 2.06. The Balaban J connectivity index is 2.09. The fourth-order valence-corrected chi connectivity index (χ4v) is 4.42. The molecule has 2 nitrogen and oxygen atoms in total. The van der Waals surface area contributed by atoms with Crippen molar-refractivity contribution >= 4 is 5.78 Å². The first-order chi connectivity index (χ1) is 9.16. The number of aliphatic hydroxyl groups excluding tert-OH is 1. The van der Waals surface area contributed by atoms with Gasteiger partial charge in [-0.1, -0.05) is 43.7 Å². The van der Waals surface area contributed by atoms with Crippen LogP contribution in [0.2, 0.25) is 0 Å². The maximum absolute atomic E-state index is 12.0. The molecule has 2 aliphatic rings. The van der Waals surface area contributed by atoms with Gasteiger partial charge in [0.2, 0.25) is 0 Å². The predicted molar refractivity (Wildman–Crippen MR) is 74.9 cm³/mol. The Morgan fingerprint density at radius 3 is 2.68 bits per heavy atom. The predicted octanol–water partition coefficient (Wildman–Crippen LogP) is 3.08. The molecular formula is C17H22O2. The first-order valence-electron chi connectivity index (χ1n) is 7.42. The number of benzene rings is 1. The molecular weight excluding hydrogens is 236 g/mol. The molecule has 0 unspecified atom stereocenters. The number of hydrogen-bond acceptors (Lipinski definition) is 2. The monoisotopic (exact) mass is 258 g/mol. The maximum Gasteiger partial charge on any atom is 0.136 e. The van der Waals surface area contributed by atoms with E-state index in [0.29, 0.717) is 18.1 Å². The summed E-state index contributed by atoms with van der Waals surface area (Å²) < 4.78 is 0. The largest absolute Gasteiger partial charge is 0.392 e. The molecule has 0 saturated heterocycles. The fourth-order valence-electron chi connectivity index (χ4n) is 4.42. The standard InChI is InChI=1S/C17H22O2/c1-12-14-8-5-9-16(19)17(14,11-10-15(12)18)13-6-3-2-4-7-13/h2-4,6-7,12,14,16,19H,5,8-11H2,1H3/t12-,14-,16-,17+/m1/s1. The van der Waals surface area contributed by atoms with E-state index in [2.05, 4.69) is 19.1 Å². The summed E-state index contributed by atoms with van der Waals surface area (Å²) in [5.41, 5.74) is 1.04. The maximum atomic E-state index is 12.0. The first kappa shape index (κ1) is 12.9. The lowest BCUT2D eigenvalue weighted by Gasteiger charge is -2.53. The molecule has 2 saturated carbocycles. The fraction of sp³-hybridized carbons (Fsp3) is 0.588. The Morgan fingerprint density at radius 1 is 1.21 bits per heavy atom. The van der Waals surface area contributed by atoms with E-state index < -0.39 is 0 Å². The Bertz CT molecular complexity index is 467. The number of hydrogen-bond donors (Lipinski definition) is 1. The number of rotatable bonds is 1. The van der Waals surface area contributed by atoms with Crippen molar-refractivity contribution in [2.75, 3.05) is 0 Å². The number of carbonyl (C=O) groups excluding carboxylic acids is 1. The van der Waals surface area contributed by atoms with Gasteiger partial charge in [-0.05, 0) is 30.7 Å². The van der Waals surface area contributed by atoms with Gasteiger partial charge in [-0.25, -0.2) is 0 Å². The molecule has 2 heteroatoms. The van der Waals surface area contributed by atoms with Gasteiger partial charge >= 0.3 is 0 Å². The van der Waals surface area contributed by atoms with Crippen molar-refractivity contribution in [2.24, 2.45) is 11.8 Å². The first-order valence-corrected chi connectivity index (χ1v) is 7.42. The van der Waals surface area contributed by atoms with Crippen molar-refractivity contribution in [1.82, 2.24) is 0 Å². The van der Waals surface area contributed by atoms with E-state index in [0.717, 1.165) is 25.7 Å². The molecule has 1 aromatic carbocycles. The van der Waals surface area contributed by atoms with Gasteiger partial charge in [0.15, 0.2) is 0 Å². The van der Waals surface area contributed by atoms with Crippen LogP contribution in [0, 0.1) is 11.8 Å². The number of aliphatic hydroxyl groups is 1. The second kappa shape index (κ2) is 4.75. The number of ketones is 1. The topological polar surface area (TPSA) is 37.3 Å².